The van der Waals surface area contributed by atoms with Crippen LogP contribution in [-0.4, -0.2) is 51.1 Å². The van der Waals surface area contributed by atoms with Crippen molar-refractivity contribution >= 4 is 21.9 Å². The molecule has 2 aromatic heterocycles. The smallest absolute Gasteiger partial charge is 0.238 e. The fraction of sp³-hybridized carbons (Fsp3) is 0. The van der Waals surface area contributed by atoms with Crippen molar-refractivity contribution in [1.29, 1.82) is 0 Å². The Balaban J connectivity index is 1.60. The van der Waals surface area contributed by atoms with E-state index < -0.39 is 113 Å². The molecule has 0 spiro atoms. The van der Waals surface area contributed by atoms with Crippen LogP contribution < -0.4 is 10.9 Å². The van der Waals surface area contributed by atoms with Crippen molar-refractivity contribution in [3.63, 3.8) is 0 Å². The summed E-state index contributed by atoms with van der Waals surface area (Å²) in [4.78, 5) is 26.3. The second-order valence-electron chi connectivity index (χ2n) is 9.61. The van der Waals surface area contributed by atoms with Gasteiger partial charge in [0.25, 0.3) is 0 Å². The fourth-order valence-electron chi connectivity index (χ4n) is 4.84. The Bertz CT molecular complexity index is 2170. The van der Waals surface area contributed by atoms with E-state index in [0.29, 0.717) is 0 Å². The summed E-state index contributed by atoms with van der Waals surface area (Å²) in [6, 6.07) is 8.12. The molecule has 0 unspecified atom stereocenters. The maximum absolute atomic E-state index is 13.2. The van der Waals surface area contributed by atoms with Crippen LogP contribution in [0.5, 0.6) is 57.5 Å². The van der Waals surface area contributed by atoms with Crippen molar-refractivity contribution in [2.45, 2.75) is 0 Å². The van der Waals surface area contributed by atoms with Crippen LogP contribution in [0.1, 0.15) is 0 Å². The minimum atomic E-state index is -1.23. The lowest BCUT2D eigenvalue weighted by Crippen LogP contribution is -2.05. The van der Waals surface area contributed by atoms with Crippen LogP contribution in [-0.2, 0) is 0 Å². The molecule has 4 aromatic carbocycles. The molecule has 0 atom stereocenters. The van der Waals surface area contributed by atoms with Gasteiger partial charge in [-0.15, -0.1) is 0 Å². The fourth-order valence-corrected chi connectivity index (χ4v) is 4.84. The Labute approximate surface area is 242 Å². The molecule has 0 fully saturated rings. The molecule has 0 saturated heterocycles. The summed E-state index contributed by atoms with van der Waals surface area (Å²) in [7, 11) is 0. The zero-order valence-corrected chi connectivity index (χ0v) is 21.7. The Hall–Kier alpha value is -6.70. The summed E-state index contributed by atoms with van der Waals surface area (Å²) in [5, 5.41) is 102. The third-order valence-corrected chi connectivity index (χ3v) is 6.95. The molecule has 0 bridgehead atoms. The highest BCUT2D eigenvalue weighted by Gasteiger charge is 2.29. The summed E-state index contributed by atoms with van der Waals surface area (Å²) in [5.74, 6) is -9.19. The van der Waals surface area contributed by atoms with E-state index in [4.69, 9.17) is 8.83 Å². The maximum Gasteiger partial charge on any atom is 0.238 e. The number of rotatable bonds is 3. The molecule has 10 N–H and O–H groups in total. The van der Waals surface area contributed by atoms with Crippen molar-refractivity contribution in [2.75, 3.05) is 0 Å². The van der Waals surface area contributed by atoms with Crippen molar-refractivity contribution in [2.24, 2.45) is 0 Å². The minimum absolute atomic E-state index is 0.0573. The monoisotopic (exact) mass is 602 g/mol. The van der Waals surface area contributed by atoms with E-state index in [0.717, 1.165) is 36.4 Å². The summed E-state index contributed by atoms with van der Waals surface area (Å²) in [6.07, 6.45) is 0. The lowest BCUT2D eigenvalue weighted by Gasteiger charge is -2.16. The van der Waals surface area contributed by atoms with Gasteiger partial charge >= 0.3 is 0 Å². The number of aromatic hydroxyl groups is 10. The highest BCUT2D eigenvalue weighted by atomic mass is 16.4. The third kappa shape index (κ3) is 3.89. The summed E-state index contributed by atoms with van der Waals surface area (Å²) in [5.41, 5.74) is -5.06. The molecule has 0 saturated carbocycles. The quantitative estimate of drug-likeness (QED) is 0.129. The Kier molecular flexibility index (Phi) is 5.88. The highest BCUT2D eigenvalue weighted by molar-refractivity contribution is 6.03. The van der Waals surface area contributed by atoms with Crippen LogP contribution in [0.3, 0.4) is 0 Å². The van der Waals surface area contributed by atoms with E-state index in [1.165, 1.54) is 12.1 Å². The summed E-state index contributed by atoms with van der Waals surface area (Å²) < 4.78 is 11.0. The minimum Gasteiger partial charge on any atom is -0.507 e. The predicted octanol–water partition coefficient (Wildman–Crippen LogP) is 3.96. The lowest BCUT2D eigenvalue weighted by molar-refractivity contribution is 0.403. The number of benzene rings is 4. The van der Waals surface area contributed by atoms with E-state index >= 15 is 0 Å². The van der Waals surface area contributed by atoms with Gasteiger partial charge in [0.2, 0.25) is 22.4 Å². The van der Waals surface area contributed by atoms with E-state index in [1.54, 1.807) is 0 Å². The third-order valence-electron chi connectivity index (χ3n) is 6.95. The SMILES string of the molecule is O=c1c(O)c(-c2ccc(O)c(O)c2)oc2cc(O)c(-c3c(O)cc4oc(-c5ccc(O)c(O)c5)c(O)c(=O)c4c3O)c(O)c12. The molecular formula is C30H18O14. The van der Waals surface area contributed by atoms with Crippen molar-refractivity contribution in [1.82, 2.24) is 0 Å². The molecule has 2 heterocycles. The molecular weight excluding hydrogens is 584 g/mol. The number of hydrogen-bond donors (Lipinski definition) is 10. The van der Waals surface area contributed by atoms with Gasteiger partial charge in [-0.25, -0.2) is 0 Å². The number of fused-ring (bicyclic) bond motifs is 2. The number of phenolic OH excluding ortho intramolecular Hbond substituents is 8. The van der Waals surface area contributed by atoms with Crippen LogP contribution in [0, 0.1) is 0 Å². The Morgan fingerprint density at radius 3 is 1.11 bits per heavy atom. The molecule has 44 heavy (non-hydrogen) atoms. The second kappa shape index (κ2) is 9.42. The van der Waals surface area contributed by atoms with Gasteiger partial charge in [0.1, 0.15) is 44.9 Å². The van der Waals surface area contributed by atoms with Gasteiger partial charge in [0.15, 0.2) is 34.5 Å². The van der Waals surface area contributed by atoms with E-state index in [9.17, 15) is 60.7 Å². The normalized spacial score (nSPS) is 11.4. The Morgan fingerprint density at radius 1 is 0.409 bits per heavy atom. The van der Waals surface area contributed by atoms with Crippen LogP contribution in [0.2, 0.25) is 0 Å². The predicted molar refractivity (Wildman–Crippen MR) is 151 cm³/mol. The molecule has 0 aliphatic heterocycles. The van der Waals surface area contributed by atoms with Crippen LogP contribution in [0.25, 0.3) is 55.7 Å². The van der Waals surface area contributed by atoms with Gasteiger partial charge in [-0.2, -0.15) is 0 Å². The van der Waals surface area contributed by atoms with E-state index in [1.807, 2.05) is 0 Å². The molecule has 6 aromatic rings. The van der Waals surface area contributed by atoms with Gasteiger partial charge in [-0.05, 0) is 36.4 Å². The Morgan fingerprint density at radius 2 is 0.773 bits per heavy atom. The molecule has 222 valence electrons. The molecule has 0 aliphatic carbocycles. The van der Waals surface area contributed by atoms with Crippen molar-refractivity contribution < 1.29 is 59.9 Å². The van der Waals surface area contributed by atoms with Gasteiger partial charge in [0.05, 0.1) is 11.1 Å². The van der Waals surface area contributed by atoms with Crippen LogP contribution in [0.15, 0.2) is 67.0 Å². The zero-order chi connectivity index (χ0) is 31.8. The standard InChI is InChI=1S/C30H18O14/c31-11-3-1-9(5-13(11)33)29-27(41)25(39)21-17(43-29)7-15(35)19(23(21)37)20-16(36)8-18-22(24(20)38)26(40)28(42)30(44-18)10-2-4-12(32)14(34)6-10/h1-8,31-38,41-42H. The topological polar surface area (TPSA) is 263 Å². The average Bonchev–Trinajstić information content (AvgIpc) is 2.96. The molecule has 14 heteroatoms. The van der Waals surface area contributed by atoms with Gasteiger partial charge in [-0.3, -0.25) is 9.59 Å². The van der Waals surface area contributed by atoms with Crippen LogP contribution in [0.4, 0.5) is 0 Å². The van der Waals surface area contributed by atoms with Crippen molar-refractivity contribution in [3.05, 3.63) is 69.0 Å². The zero-order valence-electron chi connectivity index (χ0n) is 21.7. The molecule has 0 aliphatic rings. The first-order chi connectivity index (χ1) is 20.8. The second-order valence-corrected chi connectivity index (χ2v) is 9.61. The average molecular weight is 602 g/mol. The van der Waals surface area contributed by atoms with Gasteiger partial charge in [-0.1, -0.05) is 0 Å². The van der Waals surface area contributed by atoms with E-state index in [-0.39, 0.29) is 11.1 Å². The maximum atomic E-state index is 13.2. The number of hydrogen-bond acceptors (Lipinski definition) is 14. The molecule has 14 nitrogen and oxygen atoms in total. The summed E-state index contributed by atoms with van der Waals surface area (Å²) >= 11 is 0. The van der Waals surface area contributed by atoms with Gasteiger partial charge in [0, 0.05) is 23.3 Å². The van der Waals surface area contributed by atoms with Gasteiger partial charge < -0.3 is 59.9 Å². The highest BCUT2D eigenvalue weighted by Crippen LogP contribution is 2.52. The molecule has 0 radical (unpaired) electrons. The largest absolute Gasteiger partial charge is 0.507 e. The molecule has 6 rings (SSSR count). The molecule has 0 amide bonds. The van der Waals surface area contributed by atoms with E-state index in [2.05, 4.69) is 0 Å². The number of phenols is 8. The van der Waals surface area contributed by atoms with Crippen molar-refractivity contribution in [3.8, 4) is 91.3 Å². The first-order valence-electron chi connectivity index (χ1n) is 12.3. The first kappa shape index (κ1) is 27.5. The first-order valence-corrected chi connectivity index (χ1v) is 12.3. The van der Waals surface area contributed by atoms with Crippen LogP contribution >= 0.6 is 0 Å². The summed E-state index contributed by atoms with van der Waals surface area (Å²) in [6.45, 7) is 0. The lowest BCUT2D eigenvalue weighted by atomic mass is 9.96.